The topological polar surface area (TPSA) is 17.1 Å². The van der Waals surface area contributed by atoms with Gasteiger partial charge in [-0.15, -0.1) is 0 Å². The van der Waals surface area contributed by atoms with Crippen molar-refractivity contribution in [2.45, 2.75) is 52.4 Å². The Labute approximate surface area is 70.2 Å². The van der Waals surface area contributed by atoms with Crippen molar-refractivity contribution >= 4 is 6.29 Å². The van der Waals surface area contributed by atoms with E-state index in [1.807, 2.05) is 6.29 Å². The Bertz CT molecular complexity index is 88.9. The Kier molecular flexibility index (Phi) is 7.54. The van der Waals surface area contributed by atoms with Gasteiger partial charge in [-0.3, -0.25) is 4.79 Å². The molecule has 0 aromatic carbocycles. The molecule has 1 unspecified atom stereocenters. The fourth-order valence-corrected chi connectivity index (χ4v) is 1.42. The summed E-state index contributed by atoms with van der Waals surface area (Å²) in [5.41, 5.74) is 0. The second kappa shape index (κ2) is 7.77. The molecule has 0 aromatic rings. The molecule has 1 heteroatoms. The number of rotatable bonds is 7. The van der Waals surface area contributed by atoms with E-state index in [9.17, 15) is 4.79 Å². The van der Waals surface area contributed by atoms with Crippen molar-refractivity contribution in [2.75, 3.05) is 0 Å². The normalized spacial score (nSPS) is 12.9. The summed E-state index contributed by atoms with van der Waals surface area (Å²) in [5, 5.41) is 0. The predicted octanol–water partition coefficient (Wildman–Crippen LogP) is 3.09. The summed E-state index contributed by atoms with van der Waals surface area (Å²) in [4.78, 5) is 9.91. The fraction of sp³-hybridized carbons (Fsp3) is 0.900. The van der Waals surface area contributed by atoms with Crippen LogP contribution in [0, 0.1) is 5.92 Å². The molecule has 0 aliphatic rings. The minimum absolute atomic E-state index is 0.625. The lowest BCUT2D eigenvalue weighted by Gasteiger charge is -2.11. The molecule has 11 heavy (non-hydrogen) atoms. The van der Waals surface area contributed by atoms with Crippen molar-refractivity contribution in [3.05, 3.63) is 0 Å². The highest BCUT2D eigenvalue weighted by atomic mass is 16.1. The van der Waals surface area contributed by atoms with Gasteiger partial charge in [0.1, 0.15) is 0 Å². The van der Waals surface area contributed by atoms with E-state index >= 15 is 0 Å². The van der Waals surface area contributed by atoms with Gasteiger partial charge in [0, 0.05) is 6.42 Å². The largest absolute Gasteiger partial charge is 0.291 e. The third-order valence-electron chi connectivity index (χ3n) is 2.17. The van der Waals surface area contributed by atoms with Crippen LogP contribution in [-0.4, -0.2) is 6.29 Å². The molecule has 0 N–H and O–H groups in total. The van der Waals surface area contributed by atoms with Gasteiger partial charge in [0.25, 0.3) is 0 Å². The van der Waals surface area contributed by atoms with Crippen LogP contribution in [0.2, 0.25) is 0 Å². The van der Waals surface area contributed by atoms with Gasteiger partial charge < -0.3 is 0 Å². The maximum atomic E-state index is 9.91. The van der Waals surface area contributed by atoms with Gasteiger partial charge in [-0.2, -0.15) is 0 Å². The Morgan fingerprint density at radius 1 is 1.27 bits per heavy atom. The van der Waals surface area contributed by atoms with E-state index in [0.29, 0.717) is 6.42 Å². The van der Waals surface area contributed by atoms with Crippen molar-refractivity contribution in [2.24, 2.45) is 5.92 Å². The van der Waals surface area contributed by atoms with Gasteiger partial charge in [-0.05, 0) is 12.3 Å². The standard InChI is InChI=1S/C10H19O/c1-3-7-10(4-2)8-5-6-9-11/h10H,3-8H2,1-2H3. The number of unbranched alkanes of at least 4 members (excludes halogenated alkanes) is 1. The zero-order valence-electron chi connectivity index (χ0n) is 7.73. The van der Waals surface area contributed by atoms with Gasteiger partial charge in [0.15, 0.2) is 6.29 Å². The molecule has 0 amide bonds. The quantitative estimate of drug-likeness (QED) is 0.516. The number of carbonyl (C=O) groups excluding carboxylic acids is 1. The number of hydrogen-bond acceptors (Lipinski definition) is 1. The predicted molar refractivity (Wildman–Crippen MR) is 48.2 cm³/mol. The molecular formula is C10H19O. The fourth-order valence-electron chi connectivity index (χ4n) is 1.42. The van der Waals surface area contributed by atoms with E-state index < -0.39 is 0 Å². The van der Waals surface area contributed by atoms with Crippen molar-refractivity contribution in [3.8, 4) is 0 Å². The van der Waals surface area contributed by atoms with Crippen LogP contribution in [0.4, 0.5) is 0 Å². The molecule has 0 saturated heterocycles. The van der Waals surface area contributed by atoms with E-state index in [0.717, 1.165) is 12.3 Å². The van der Waals surface area contributed by atoms with E-state index in [4.69, 9.17) is 0 Å². The van der Waals surface area contributed by atoms with E-state index in [2.05, 4.69) is 13.8 Å². The summed E-state index contributed by atoms with van der Waals surface area (Å²) in [5.74, 6) is 0.841. The molecule has 0 saturated carbocycles. The lowest BCUT2D eigenvalue weighted by molar-refractivity contribution is 0.420. The highest BCUT2D eigenvalue weighted by molar-refractivity contribution is 5.50. The van der Waals surface area contributed by atoms with Crippen LogP contribution in [0.5, 0.6) is 0 Å². The summed E-state index contributed by atoms with van der Waals surface area (Å²) < 4.78 is 0. The smallest absolute Gasteiger partial charge is 0.198 e. The Balaban J connectivity index is 3.27. The molecule has 0 aliphatic carbocycles. The van der Waals surface area contributed by atoms with Crippen LogP contribution in [0.1, 0.15) is 52.4 Å². The second-order valence-corrected chi connectivity index (χ2v) is 3.10. The molecule has 0 heterocycles. The van der Waals surface area contributed by atoms with Crippen molar-refractivity contribution in [3.63, 3.8) is 0 Å². The van der Waals surface area contributed by atoms with Crippen LogP contribution < -0.4 is 0 Å². The van der Waals surface area contributed by atoms with Crippen LogP contribution in [-0.2, 0) is 4.79 Å². The molecule has 0 rings (SSSR count). The van der Waals surface area contributed by atoms with Gasteiger partial charge >= 0.3 is 0 Å². The minimum Gasteiger partial charge on any atom is -0.291 e. The molecule has 65 valence electrons. The van der Waals surface area contributed by atoms with E-state index in [-0.39, 0.29) is 0 Å². The van der Waals surface area contributed by atoms with Crippen molar-refractivity contribution in [1.82, 2.24) is 0 Å². The zero-order chi connectivity index (χ0) is 8.53. The highest BCUT2D eigenvalue weighted by Crippen LogP contribution is 2.17. The summed E-state index contributed by atoms with van der Waals surface area (Å²) in [6.45, 7) is 4.44. The van der Waals surface area contributed by atoms with Crippen LogP contribution >= 0.6 is 0 Å². The van der Waals surface area contributed by atoms with E-state index in [1.165, 1.54) is 25.7 Å². The molecule has 0 aliphatic heterocycles. The van der Waals surface area contributed by atoms with Gasteiger partial charge in [0.2, 0.25) is 0 Å². The molecular weight excluding hydrogens is 136 g/mol. The van der Waals surface area contributed by atoms with Gasteiger partial charge in [-0.1, -0.05) is 39.5 Å². The molecule has 1 nitrogen and oxygen atoms in total. The van der Waals surface area contributed by atoms with Crippen LogP contribution in [0.25, 0.3) is 0 Å². The second-order valence-electron chi connectivity index (χ2n) is 3.10. The molecule has 0 aromatic heterocycles. The molecule has 1 atom stereocenters. The average Bonchev–Trinajstić information content (AvgIpc) is 2.03. The zero-order valence-corrected chi connectivity index (χ0v) is 7.73. The summed E-state index contributed by atoms with van der Waals surface area (Å²) in [6.07, 6.45) is 8.64. The SMILES string of the molecule is CCCC(CC)CCC[C]=O. The Morgan fingerprint density at radius 3 is 2.45 bits per heavy atom. The Hall–Kier alpha value is -0.330. The lowest BCUT2D eigenvalue weighted by Crippen LogP contribution is -1.97. The molecule has 0 spiro atoms. The van der Waals surface area contributed by atoms with Crippen molar-refractivity contribution in [1.29, 1.82) is 0 Å². The average molecular weight is 155 g/mol. The third kappa shape index (κ3) is 6.08. The molecule has 1 radical (unpaired) electrons. The minimum atomic E-state index is 0.625. The van der Waals surface area contributed by atoms with E-state index in [1.54, 1.807) is 0 Å². The summed E-state index contributed by atoms with van der Waals surface area (Å²) >= 11 is 0. The maximum absolute atomic E-state index is 9.91. The monoisotopic (exact) mass is 155 g/mol. The summed E-state index contributed by atoms with van der Waals surface area (Å²) in [6, 6.07) is 0. The van der Waals surface area contributed by atoms with Crippen LogP contribution in [0.15, 0.2) is 0 Å². The lowest BCUT2D eigenvalue weighted by atomic mass is 9.95. The molecule has 0 fully saturated rings. The first-order chi connectivity index (χ1) is 5.35. The summed E-state index contributed by atoms with van der Waals surface area (Å²) in [7, 11) is 0. The first kappa shape index (κ1) is 10.7. The van der Waals surface area contributed by atoms with Crippen LogP contribution in [0.3, 0.4) is 0 Å². The maximum Gasteiger partial charge on any atom is 0.198 e. The van der Waals surface area contributed by atoms with Gasteiger partial charge in [-0.25, -0.2) is 0 Å². The van der Waals surface area contributed by atoms with Gasteiger partial charge in [0.05, 0.1) is 0 Å². The Morgan fingerprint density at radius 2 is 2.00 bits per heavy atom. The van der Waals surface area contributed by atoms with Crippen molar-refractivity contribution < 1.29 is 4.79 Å². The first-order valence-corrected chi connectivity index (χ1v) is 4.70. The first-order valence-electron chi connectivity index (χ1n) is 4.70. The molecule has 0 bridgehead atoms. The third-order valence-corrected chi connectivity index (χ3v) is 2.17. The highest BCUT2D eigenvalue weighted by Gasteiger charge is 2.03. The number of hydrogen-bond donors (Lipinski definition) is 0.